The summed E-state index contributed by atoms with van der Waals surface area (Å²) in [4.78, 5) is 27.2. The molecule has 8 heteroatoms. The van der Waals surface area contributed by atoms with Gasteiger partial charge in [0.2, 0.25) is 5.91 Å². The summed E-state index contributed by atoms with van der Waals surface area (Å²) in [5, 5.41) is 3.14. The van der Waals surface area contributed by atoms with Gasteiger partial charge in [-0.1, -0.05) is 6.07 Å². The first kappa shape index (κ1) is 25.0. The average Bonchev–Trinajstić information content (AvgIpc) is 2.94. The van der Waals surface area contributed by atoms with Crippen molar-refractivity contribution in [3.05, 3.63) is 48.7 Å². The summed E-state index contributed by atoms with van der Waals surface area (Å²) in [5.41, 5.74) is 2.05. The topological polar surface area (TPSA) is 64.2 Å². The highest BCUT2D eigenvalue weighted by Gasteiger charge is 2.29. The molecule has 5 rings (SSSR count). The van der Waals surface area contributed by atoms with Gasteiger partial charge in [-0.15, -0.1) is 0 Å². The number of anilines is 3. The summed E-state index contributed by atoms with van der Waals surface area (Å²) in [6.07, 6.45) is 4.27. The molecular formula is C28H40N6O2. The van der Waals surface area contributed by atoms with Crippen LogP contribution in [0.4, 0.5) is 17.2 Å². The van der Waals surface area contributed by atoms with Crippen molar-refractivity contribution in [1.29, 1.82) is 0 Å². The molecule has 2 unspecified atom stereocenters. The third-order valence-corrected chi connectivity index (χ3v) is 7.85. The molecule has 0 bridgehead atoms. The predicted octanol–water partition coefficient (Wildman–Crippen LogP) is 2.78. The van der Waals surface area contributed by atoms with Gasteiger partial charge in [-0.05, 0) is 68.6 Å². The van der Waals surface area contributed by atoms with E-state index in [1.54, 1.807) is 0 Å². The molecule has 2 aromatic rings. The van der Waals surface area contributed by atoms with E-state index in [2.05, 4.69) is 54.2 Å². The van der Waals surface area contributed by atoms with E-state index in [0.717, 1.165) is 90.0 Å². The van der Waals surface area contributed by atoms with E-state index in [9.17, 15) is 4.79 Å². The molecule has 0 aliphatic carbocycles. The molecule has 0 saturated carbocycles. The van der Waals surface area contributed by atoms with E-state index in [1.807, 2.05) is 31.3 Å². The van der Waals surface area contributed by atoms with Crippen molar-refractivity contribution in [3.63, 3.8) is 0 Å². The monoisotopic (exact) mass is 492 g/mol. The highest BCUT2D eigenvalue weighted by molar-refractivity contribution is 5.94. The molecule has 0 radical (unpaired) electrons. The summed E-state index contributed by atoms with van der Waals surface area (Å²) in [6.45, 7) is 12.7. The normalized spacial score (nSPS) is 22.9. The number of benzene rings is 1. The molecule has 3 aliphatic rings. The number of likely N-dealkylation sites (tertiary alicyclic amines) is 1. The number of carbonyl (C=O) groups excluding carboxylic acids is 1. The number of nitrogens with one attached hydrogen (secondary N) is 1. The van der Waals surface area contributed by atoms with E-state index in [-0.39, 0.29) is 11.9 Å². The fourth-order valence-electron chi connectivity index (χ4n) is 5.65. The Bertz CT molecular complexity index is 958. The molecule has 1 aromatic heterocycles. The second-order valence-electron chi connectivity index (χ2n) is 10.3. The molecule has 1 N–H and O–H groups in total. The smallest absolute Gasteiger partial charge is 0.241 e. The molecule has 0 spiro atoms. The summed E-state index contributed by atoms with van der Waals surface area (Å²) >= 11 is 0. The first-order valence-electron chi connectivity index (χ1n) is 13.5. The van der Waals surface area contributed by atoms with E-state index in [1.165, 1.54) is 12.1 Å². The van der Waals surface area contributed by atoms with Crippen molar-refractivity contribution in [1.82, 2.24) is 14.8 Å². The Morgan fingerprint density at radius 1 is 1.00 bits per heavy atom. The lowest BCUT2D eigenvalue weighted by Gasteiger charge is -2.40. The molecule has 4 heterocycles. The molecule has 36 heavy (non-hydrogen) atoms. The first-order valence-corrected chi connectivity index (χ1v) is 13.5. The third-order valence-electron chi connectivity index (χ3n) is 7.85. The second kappa shape index (κ2) is 12.0. The van der Waals surface area contributed by atoms with Crippen molar-refractivity contribution in [2.45, 2.75) is 25.8 Å². The number of piperidine rings is 1. The van der Waals surface area contributed by atoms with E-state index in [4.69, 9.17) is 4.74 Å². The van der Waals surface area contributed by atoms with Gasteiger partial charge in [0.05, 0.1) is 19.3 Å². The maximum Gasteiger partial charge on any atom is 0.241 e. The van der Waals surface area contributed by atoms with Crippen LogP contribution in [-0.2, 0) is 9.53 Å². The van der Waals surface area contributed by atoms with E-state index >= 15 is 0 Å². The standard InChI is InChI=1S/C28H40N6O2/c1-23(28(35)30-25-7-9-26(10-8-25)32-17-19-36-20-18-32)34-12-4-5-24(22-34)21-31-13-15-33(16-14-31)27-6-2-3-11-29-27/h2-3,6-11,23-24H,4-5,12-22H2,1H3,(H,30,35). The lowest BCUT2D eigenvalue weighted by atomic mass is 9.95. The van der Waals surface area contributed by atoms with E-state index in [0.29, 0.717) is 5.92 Å². The summed E-state index contributed by atoms with van der Waals surface area (Å²) in [7, 11) is 0. The number of nitrogens with zero attached hydrogens (tertiary/aromatic N) is 5. The van der Waals surface area contributed by atoms with Crippen LogP contribution < -0.4 is 15.1 Å². The van der Waals surface area contributed by atoms with Crippen molar-refractivity contribution in [2.24, 2.45) is 5.92 Å². The van der Waals surface area contributed by atoms with Crippen LogP contribution in [0.2, 0.25) is 0 Å². The van der Waals surface area contributed by atoms with Crippen LogP contribution in [0, 0.1) is 5.92 Å². The highest BCUT2D eigenvalue weighted by atomic mass is 16.5. The average molecular weight is 493 g/mol. The fraction of sp³-hybridized carbons (Fsp3) is 0.571. The second-order valence-corrected chi connectivity index (χ2v) is 10.3. The zero-order valence-electron chi connectivity index (χ0n) is 21.5. The Balaban J connectivity index is 1.08. The molecule has 1 aromatic carbocycles. The SMILES string of the molecule is CC(C(=O)Nc1ccc(N2CCOCC2)cc1)N1CCCC(CN2CCN(c3ccccn3)CC2)C1. The molecule has 1 amide bonds. The summed E-state index contributed by atoms with van der Waals surface area (Å²) in [5.74, 6) is 1.78. The van der Waals surface area contributed by atoms with Crippen molar-refractivity contribution in [2.75, 3.05) is 87.2 Å². The van der Waals surface area contributed by atoms with Gasteiger partial charge in [0, 0.05) is 69.9 Å². The molecule has 8 nitrogen and oxygen atoms in total. The van der Waals surface area contributed by atoms with Gasteiger partial charge in [-0.2, -0.15) is 0 Å². The summed E-state index contributed by atoms with van der Waals surface area (Å²) < 4.78 is 5.44. The van der Waals surface area contributed by atoms with Gasteiger partial charge in [0.25, 0.3) is 0 Å². The molecule has 2 atom stereocenters. The van der Waals surface area contributed by atoms with Gasteiger partial charge >= 0.3 is 0 Å². The number of carbonyl (C=O) groups is 1. The van der Waals surface area contributed by atoms with Crippen molar-refractivity contribution in [3.8, 4) is 0 Å². The molecule has 194 valence electrons. The number of ether oxygens (including phenoxy) is 1. The van der Waals surface area contributed by atoms with Crippen LogP contribution in [0.1, 0.15) is 19.8 Å². The van der Waals surface area contributed by atoms with Gasteiger partial charge in [-0.3, -0.25) is 14.6 Å². The zero-order chi connectivity index (χ0) is 24.7. The Labute approximate surface area is 215 Å². The summed E-state index contributed by atoms with van der Waals surface area (Å²) in [6, 6.07) is 14.2. The Morgan fingerprint density at radius 2 is 1.78 bits per heavy atom. The predicted molar refractivity (Wildman–Crippen MR) is 145 cm³/mol. The number of pyridine rings is 1. The minimum atomic E-state index is -0.132. The zero-order valence-corrected chi connectivity index (χ0v) is 21.5. The molecular weight excluding hydrogens is 452 g/mol. The number of rotatable bonds is 7. The minimum absolute atomic E-state index is 0.0822. The quantitative estimate of drug-likeness (QED) is 0.638. The number of piperazine rings is 1. The van der Waals surface area contributed by atoms with Crippen LogP contribution in [0.15, 0.2) is 48.7 Å². The first-order chi connectivity index (χ1) is 17.7. The Hall–Kier alpha value is -2.68. The lowest BCUT2D eigenvalue weighted by molar-refractivity contribution is -0.121. The highest BCUT2D eigenvalue weighted by Crippen LogP contribution is 2.23. The maximum atomic E-state index is 13.1. The number of hydrogen-bond donors (Lipinski definition) is 1. The molecule has 3 aliphatic heterocycles. The van der Waals surface area contributed by atoms with Crippen LogP contribution in [-0.4, -0.2) is 98.8 Å². The van der Waals surface area contributed by atoms with Gasteiger partial charge < -0.3 is 19.9 Å². The fourth-order valence-corrected chi connectivity index (χ4v) is 5.65. The number of morpholine rings is 1. The molecule has 3 saturated heterocycles. The maximum absolute atomic E-state index is 13.1. The van der Waals surface area contributed by atoms with Crippen molar-refractivity contribution >= 4 is 23.1 Å². The van der Waals surface area contributed by atoms with E-state index < -0.39 is 0 Å². The van der Waals surface area contributed by atoms with Crippen molar-refractivity contribution < 1.29 is 9.53 Å². The molecule has 3 fully saturated rings. The Kier molecular flexibility index (Phi) is 8.36. The number of amides is 1. The minimum Gasteiger partial charge on any atom is -0.378 e. The van der Waals surface area contributed by atoms with Crippen LogP contribution >= 0.6 is 0 Å². The third kappa shape index (κ3) is 6.35. The van der Waals surface area contributed by atoms with Crippen LogP contribution in [0.5, 0.6) is 0 Å². The van der Waals surface area contributed by atoms with Crippen LogP contribution in [0.3, 0.4) is 0 Å². The van der Waals surface area contributed by atoms with Gasteiger partial charge in [0.15, 0.2) is 0 Å². The number of hydrogen-bond acceptors (Lipinski definition) is 7. The number of aromatic nitrogens is 1. The lowest BCUT2D eigenvalue weighted by Crippen LogP contribution is -2.52. The van der Waals surface area contributed by atoms with Gasteiger partial charge in [0.1, 0.15) is 5.82 Å². The van der Waals surface area contributed by atoms with Gasteiger partial charge in [-0.25, -0.2) is 4.98 Å². The largest absolute Gasteiger partial charge is 0.378 e. The Morgan fingerprint density at radius 3 is 2.50 bits per heavy atom. The van der Waals surface area contributed by atoms with Crippen LogP contribution in [0.25, 0.3) is 0 Å².